The highest BCUT2D eigenvalue weighted by Crippen LogP contribution is 2.34. The van der Waals surface area contributed by atoms with Gasteiger partial charge in [-0.3, -0.25) is 9.78 Å². The van der Waals surface area contributed by atoms with Crippen molar-refractivity contribution in [2.45, 2.75) is 0 Å². The number of pyridine rings is 1. The van der Waals surface area contributed by atoms with E-state index in [1.54, 1.807) is 30.5 Å². The van der Waals surface area contributed by atoms with Crippen LogP contribution in [0.3, 0.4) is 0 Å². The monoisotopic (exact) mass is 256 g/mol. The van der Waals surface area contributed by atoms with E-state index < -0.39 is 0 Å². The highest BCUT2D eigenvalue weighted by molar-refractivity contribution is 6.36. The number of nitrogens with one attached hydrogen (secondary N) is 1. The van der Waals surface area contributed by atoms with E-state index in [0.29, 0.717) is 10.6 Å². The van der Waals surface area contributed by atoms with Crippen LogP contribution in [0.5, 0.6) is 0 Å². The van der Waals surface area contributed by atoms with E-state index in [4.69, 9.17) is 11.6 Å². The first kappa shape index (κ1) is 11.0. The van der Waals surface area contributed by atoms with Crippen LogP contribution in [0.4, 0.5) is 5.69 Å². The van der Waals surface area contributed by atoms with Crippen LogP contribution in [-0.2, 0) is 4.79 Å². The molecular formula is C14H9ClN2O. The first-order chi connectivity index (χ1) is 8.74. The summed E-state index contributed by atoms with van der Waals surface area (Å²) < 4.78 is 0. The van der Waals surface area contributed by atoms with Crippen LogP contribution in [0.1, 0.15) is 11.3 Å². The molecule has 1 amide bonds. The lowest BCUT2D eigenvalue weighted by Crippen LogP contribution is -2.03. The molecule has 3 rings (SSSR count). The smallest absolute Gasteiger partial charge is 0.256 e. The Hall–Kier alpha value is -2.13. The maximum Gasteiger partial charge on any atom is 0.256 e. The quantitative estimate of drug-likeness (QED) is 0.796. The number of halogens is 1. The Morgan fingerprint density at radius 2 is 2.11 bits per heavy atom. The number of carbonyl (C=O) groups is 1. The van der Waals surface area contributed by atoms with E-state index >= 15 is 0 Å². The highest BCUT2D eigenvalue weighted by atomic mass is 35.5. The molecule has 0 bridgehead atoms. The summed E-state index contributed by atoms with van der Waals surface area (Å²) in [6, 6.07) is 10.9. The van der Waals surface area contributed by atoms with Crippen molar-refractivity contribution in [2.24, 2.45) is 0 Å². The van der Waals surface area contributed by atoms with Gasteiger partial charge >= 0.3 is 0 Å². The molecule has 1 aromatic carbocycles. The molecule has 2 heterocycles. The van der Waals surface area contributed by atoms with E-state index in [-0.39, 0.29) is 5.91 Å². The third kappa shape index (κ3) is 1.89. The van der Waals surface area contributed by atoms with Gasteiger partial charge in [0.2, 0.25) is 0 Å². The molecule has 1 aliphatic rings. The third-order valence-corrected chi connectivity index (χ3v) is 2.98. The van der Waals surface area contributed by atoms with Crippen LogP contribution < -0.4 is 5.32 Å². The van der Waals surface area contributed by atoms with Gasteiger partial charge in [-0.1, -0.05) is 17.7 Å². The number of aromatic nitrogens is 1. The molecule has 2 aromatic rings. The Kier molecular flexibility index (Phi) is 2.61. The molecular weight excluding hydrogens is 248 g/mol. The molecule has 3 nitrogen and oxygen atoms in total. The number of hydrogen-bond acceptors (Lipinski definition) is 2. The van der Waals surface area contributed by atoms with Crippen molar-refractivity contribution in [3.63, 3.8) is 0 Å². The number of anilines is 1. The molecule has 0 unspecified atom stereocenters. The second-order valence-electron chi connectivity index (χ2n) is 3.96. The van der Waals surface area contributed by atoms with Gasteiger partial charge in [-0.2, -0.15) is 0 Å². The predicted molar refractivity (Wildman–Crippen MR) is 72.2 cm³/mol. The number of carbonyl (C=O) groups excluding carboxylic acids is 1. The molecule has 0 atom stereocenters. The SMILES string of the molecule is O=C1Nc2ccc(Cl)cc2/C1=C/c1ccccn1. The van der Waals surface area contributed by atoms with Crippen molar-refractivity contribution in [1.82, 2.24) is 4.98 Å². The van der Waals surface area contributed by atoms with Gasteiger partial charge in [0.25, 0.3) is 5.91 Å². The standard InChI is InChI=1S/C14H9ClN2O/c15-9-4-5-13-11(7-9)12(14(18)17-13)8-10-3-1-2-6-16-10/h1-8H,(H,17,18)/b12-8-. The summed E-state index contributed by atoms with van der Waals surface area (Å²) in [5.74, 6) is -0.127. The molecule has 88 valence electrons. The zero-order valence-corrected chi connectivity index (χ0v) is 10.1. The predicted octanol–water partition coefficient (Wildman–Crippen LogP) is 3.23. The molecule has 0 fully saturated rings. The Bertz CT molecular complexity index is 650. The van der Waals surface area contributed by atoms with E-state index in [9.17, 15) is 4.79 Å². The molecule has 0 radical (unpaired) electrons. The normalized spacial score (nSPS) is 15.6. The first-order valence-electron chi connectivity index (χ1n) is 5.48. The van der Waals surface area contributed by atoms with Crippen LogP contribution >= 0.6 is 11.6 Å². The van der Waals surface area contributed by atoms with Crippen molar-refractivity contribution in [3.8, 4) is 0 Å². The zero-order chi connectivity index (χ0) is 12.5. The van der Waals surface area contributed by atoms with Gasteiger partial charge in [-0.25, -0.2) is 0 Å². The van der Waals surface area contributed by atoms with Crippen LogP contribution in [0.15, 0.2) is 42.6 Å². The molecule has 4 heteroatoms. The number of nitrogens with zero attached hydrogens (tertiary/aromatic N) is 1. The lowest BCUT2D eigenvalue weighted by atomic mass is 10.1. The summed E-state index contributed by atoms with van der Waals surface area (Å²) in [7, 11) is 0. The highest BCUT2D eigenvalue weighted by Gasteiger charge is 2.24. The van der Waals surface area contributed by atoms with Crippen LogP contribution in [0, 0.1) is 0 Å². The van der Waals surface area contributed by atoms with E-state index in [1.807, 2.05) is 18.2 Å². The van der Waals surface area contributed by atoms with Crippen molar-refractivity contribution in [2.75, 3.05) is 5.32 Å². The van der Waals surface area contributed by atoms with Gasteiger partial charge < -0.3 is 5.32 Å². The fraction of sp³-hybridized carbons (Fsp3) is 0. The number of benzene rings is 1. The fourth-order valence-corrected chi connectivity index (χ4v) is 2.08. The Morgan fingerprint density at radius 1 is 1.22 bits per heavy atom. The lowest BCUT2D eigenvalue weighted by Gasteiger charge is -1.99. The second kappa shape index (κ2) is 4.27. The topological polar surface area (TPSA) is 42.0 Å². The molecule has 1 aromatic heterocycles. The number of hydrogen-bond donors (Lipinski definition) is 1. The number of fused-ring (bicyclic) bond motifs is 1. The summed E-state index contributed by atoms with van der Waals surface area (Å²) in [4.78, 5) is 16.1. The van der Waals surface area contributed by atoms with Crippen LogP contribution in [0.2, 0.25) is 5.02 Å². The third-order valence-electron chi connectivity index (χ3n) is 2.74. The van der Waals surface area contributed by atoms with E-state index in [0.717, 1.165) is 16.9 Å². The Morgan fingerprint density at radius 3 is 2.89 bits per heavy atom. The fourth-order valence-electron chi connectivity index (χ4n) is 1.91. The minimum absolute atomic E-state index is 0.127. The average molecular weight is 257 g/mol. The zero-order valence-electron chi connectivity index (χ0n) is 9.35. The van der Waals surface area contributed by atoms with Gasteiger partial charge in [0.15, 0.2) is 0 Å². The minimum atomic E-state index is -0.127. The second-order valence-corrected chi connectivity index (χ2v) is 4.39. The molecule has 0 saturated heterocycles. The number of amides is 1. The maximum absolute atomic E-state index is 11.9. The Balaban J connectivity index is 2.12. The van der Waals surface area contributed by atoms with Crippen LogP contribution in [-0.4, -0.2) is 10.9 Å². The summed E-state index contributed by atoms with van der Waals surface area (Å²) in [6.45, 7) is 0. The van der Waals surface area contributed by atoms with Crippen molar-refractivity contribution in [1.29, 1.82) is 0 Å². The van der Waals surface area contributed by atoms with Crippen molar-refractivity contribution in [3.05, 3.63) is 58.9 Å². The van der Waals surface area contributed by atoms with Gasteiger partial charge in [-0.05, 0) is 36.4 Å². The van der Waals surface area contributed by atoms with E-state index in [2.05, 4.69) is 10.3 Å². The van der Waals surface area contributed by atoms with Gasteiger partial charge in [0.05, 0.1) is 11.3 Å². The minimum Gasteiger partial charge on any atom is -0.321 e. The molecule has 0 aliphatic carbocycles. The molecule has 18 heavy (non-hydrogen) atoms. The van der Waals surface area contributed by atoms with Gasteiger partial charge in [-0.15, -0.1) is 0 Å². The summed E-state index contributed by atoms with van der Waals surface area (Å²) in [5, 5.41) is 3.41. The molecule has 0 spiro atoms. The van der Waals surface area contributed by atoms with E-state index in [1.165, 1.54) is 0 Å². The van der Waals surface area contributed by atoms with Crippen molar-refractivity contribution >= 4 is 34.8 Å². The summed E-state index contributed by atoms with van der Waals surface area (Å²) in [5.41, 5.74) is 2.94. The van der Waals surface area contributed by atoms with Crippen LogP contribution in [0.25, 0.3) is 11.6 Å². The van der Waals surface area contributed by atoms with Crippen molar-refractivity contribution < 1.29 is 4.79 Å². The summed E-state index contributed by atoms with van der Waals surface area (Å²) >= 11 is 5.96. The number of rotatable bonds is 1. The Labute approximate surface area is 109 Å². The summed E-state index contributed by atoms with van der Waals surface area (Å²) in [6.07, 6.45) is 3.45. The lowest BCUT2D eigenvalue weighted by molar-refractivity contribution is -0.110. The maximum atomic E-state index is 11.9. The molecule has 1 N–H and O–H groups in total. The molecule has 1 aliphatic heterocycles. The van der Waals surface area contributed by atoms with Gasteiger partial charge in [0.1, 0.15) is 0 Å². The van der Waals surface area contributed by atoms with Gasteiger partial charge in [0, 0.05) is 22.5 Å². The molecule has 0 saturated carbocycles. The average Bonchev–Trinajstić information content (AvgIpc) is 2.67. The first-order valence-corrected chi connectivity index (χ1v) is 5.86. The largest absolute Gasteiger partial charge is 0.321 e.